The summed E-state index contributed by atoms with van der Waals surface area (Å²) in [7, 11) is 0. The first-order chi connectivity index (χ1) is 15.6. The molecule has 9 heteroatoms. The van der Waals surface area contributed by atoms with Crippen LogP contribution in [0.25, 0.3) is 0 Å². The number of urea groups is 1. The fourth-order valence-electron chi connectivity index (χ4n) is 4.33. The van der Waals surface area contributed by atoms with Gasteiger partial charge in [-0.15, -0.1) is 0 Å². The number of hydrogen-bond acceptors (Lipinski definition) is 5. The first-order valence-electron chi connectivity index (χ1n) is 10.6. The average molecular weight is 432 g/mol. The number of anilines is 2. The van der Waals surface area contributed by atoms with Gasteiger partial charge in [0.15, 0.2) is 6.10 Å². The molecule has 1 unspecified atom stereocenters. The van der Waals surface area contributed by atoms with E-state index >= 15 is 0 Å². The van der Waals surface area contributed by atoms with Gasteiger partial charge >= 0.3 is 6.03 Å². The molecule has 0 radical (unpaired) electrons. The number of imidazole rings is 1. The minimum Gasteiger partial charge on any atom is -0.352 e. The van der Waals surface area contributed by atoms with Gasteiger partial charge in [0.25, 0.3) is 5.91 Å². The number of nitrogens with one attached hydrogen (secondary N) is 2. The van der Waals surface area contributed by atoms with E-state index in [1.54, 1.807) is 35.6 Å². The van der Waals surface area contributed by atoms with Crippen molar-refractivity contribution in [1.29, 1.82) is 0 Å². The number of pyridine rings is 1. The third-order valence-electron chi connectivity index (χ3n) is 5.98. The molecule has 0 aliphatic carbocycles. The predicted octanol–water partition coefficient (Wildman–Crippen LogP) is 2.84. The Labute approximate surface area is 185 Å². The van der Waals surface area contributed by atoms with Crippen LogP contribution in [-0.4, -0.2) is 50.6 Å². The second-order valence-corrected chi connectivity index (χ2v) is 8.01. The first-order valence-corrected chi connectivity index (χ1v) is 10.6. The second-order valence-electron chi connectivity index (χ2n) is 8.01. The number of likely N-dealkylation sites (tertiary alicyclic amines) is 1. The first kappa shape index (κ1) is 20.2. The predicted molar refractivity (Wildman–Crippen MR) is 118 cm³/mol. The van der Waals surface area contributed by atoms with Crippen LogP contribution in [0.2, 0.25) is 0 Å². The maximum absolute atomic E-state index is 12.9. The summed E-state index contributed by atoms with van der Waals surface area (Å²) in [5.41, 5.74) is 0.729. The lowest BCUT2D eigenvalue weighted by atomic mass is 9.88. The molecule has 0 bridgehead atoms. The van der Waals surface area contributed by atoms with Crippen LogP contribution in [-0.2, 0) is 21.7 Å². The molecule has 2 aliphatic rings. The van der Waals surface area contributed by atoms with Crippen molar-refractivity contribution in [3.05, 3.63) is 73.1 Å². The van der Waals surface area contributed by atoms with Crippen LogP contribution in [0.15, 0.2) is 67.3 Å². The molecule has 3 amide bonds. The molecule has 164 valence electrons. The smallest absolute Gasteiger partial charge is 0.321 e. The Morgan fingerprint density at radius 1 is 0.969 bits per heavy atom. The van der Waals surface area contributed by atoms with E-state index in [9.17, 15) is 9.59 Å². The maximum Gasteiger partial charge on any atom is 0.321 e. The molecule has 1 fully saturated rings. The fourth-order valence-corrected chi connectivity index (χ4v) is 4.33. The maximum atomic E-state index is 12.9. The van der Waals surface area contributed by atoms with Crippen molar-refractivity contribution in [3.63, 3.8) is 0 Å². The summed E-state index contributed by atoms with van der Waals surface area (Å²) in [5.74, 6) is 0.604. The zero-order valence-corrected chi connectivity index (χ0v) is 17.5. The molecular weight excluding hydrogens is 408 g/mol. The zero-order valence-electron chi connectivity index (χ0n) is 17.5. The van der Waals surface area contributed by atoms with Crippen molar-refractivity contribution >= 4 is 23.3 Å². The van der Waals surface area contributed by atoms with Crippen molar-refractivity contribution < 1.29 is 14.3 Å². The van der Waals surface area contributed by atoms with Crippen LogP contribution in [0.5, 0.6) is 0 Å². The van der Waals surface area contributed by atoms with E-state index in [1.165, 1.54) is 0 Å². The Balaban J connectivity index is 1.28. The van der Waals surface area contributed by atoms with Crippen LogP contribution < -0.4 is 10.6 Å². The number of nitrogens with zero attached hydrogens (tertiary/aromatic N) is 4. The Morgan fingerprint density at radius 3 is 2.44 bits per heavy atom. The van der Waals surface area contributed by atoms with Crippen LogP contribution in [0.1, 0.15) is 18.7 Å². The third-order valence-corrected chi connectivity index (χ3v) is 5.98. The summed E-state index contributed by atoms with van der Waals surface area (Å²) < 4.78 is 8.40. The van der Waals surface area contributed by atoms with E-state index in [0.29, 0.717) is 38.2 Å². The normalized spacial score (nSPS) is 19.2. The Kier molecular flexibility index (Phi) is 5.32. The monoisotopic (exact) mass is 432 g/mol. The number of rotatable bonds is 3. The fraction of sp³-hybridized carbons (Fsp3) is 0.304. The van der Waals surface area contributed by atoms with Crippen molar-refractivity contribution in [3.8, 4) is 0 Å². The van der Waals surface area contributed by atoms with Crippen LogP contribution in [0, 0.1) is 0 Å². The molecule has 1 aromatic carbocycles. The van der Waals surface area contributed by atoms with E-state index in [0.717, 1.165) is 11.5 Å². The molecule has 2 N–H and O–H groups in total. The Bertz CT molecular complexity index is 1090. The van der Waals surface area contributed by atoms with Crippen molar-refractivity contribution in [2.24, 2.45) is 0 Å². The molecule has 1 atom stereocenters. The molecule has 1 spiro atoms. The second kappa shape index (κ2) is 8.43. The van der Waals surface area contributed by atoms with Gasteiger partial charge in [-0.25, -0.2) is 9.78 Å². The number of aromatic nitrogens is 3. The number of carbonyl (C=O) groups is 2. The van der Waals surface area contributed by atoms with E-state index in [1.807, 2.05) is 41.1 Å². The van der Waals surface area contributed by atoms with Crippen molar-refractivity contribution in [2.45, 2.75) is 31.1 Å². The van der Waals surface area contributed by atoms with Gasteiger partial charge in [0.2, 0.25) is 0 Å². The standard InChI is InChI=1S/C23H24N6O3/c30-20(26-18-6-10-24-11-7-18)19-16-29-15-12-25-21(29)23(32-19)8-13-28(14-9-23)22(31)27-17-4-2-1-3-5-17/h1-7,10-12,15,19H,8-9,13-14,16H2,(H,27,31)(H,24,26,30). The molecule has 9 nitrogen and oxygen atoms in total. The number of carbonyl (C=O) groups excluding carboxylic acids is 2. The highest BCUT2D eigenvalue weighted by atomic mass is 16.5. The lowest BCUT2D eigenvalue weighted by Crippen LogP contribution is -2.54. The topological polar surface area (TPSA) is 101 Å². The molecule has 4 heterocycles. The molecule has 2 aliphatic heterocycles. The number of fused-ring (bicyclic) bond motifs is 2. The van der Waals surface area contributed by atoms with Gasteiger partial charge in [0.1, 0.15) is 11.4 Å². The Morgan fingerprint density at radius 2 is 1.69 bits per heavy atom. The van der Waals surface area contributed by atoms with Crippen molar-refractivity contribution in [2.75, 3.05) is 23.7 Å². The SMILES string of the molecule is O=C(Nc1ccncc1)C1Cn2ccnc2C2(CCN(C(=O)Nc3ccccc3)CC2)O1. The minimum atomic E-state index is -0.703. The molecule has 3 aromatic rings. The number of hydrogen-bond donors (Lipinski definition) is 2. The van der Waals surface area contributed by atoms with E-state index < -0.39 is 11.7 Å². The number of piperidine rings is 1. The molecule has 0 saturated carbocycles. The van der Waals surface area contributed by atoms with Gasteiger partial charge in [-0.1, -0.05) is 18.2 Å². The third kappa shape index (κ3) is 3.94. The summed E-state index contributed by atoms with van der Waals surface area (Å²) in [4.78, 5) is 35.9. The summed E-state index contributed by atoms with van der Waals surface area (Å²) in [6, 6.07) is 12.7. The lowest BCUT2D eigenvalue weighted by Gasteiger charge is -2.45. The van der Waals surface area contributed by atoms with Gasteiger partial charge in [0.05, 0.1) is 6.54 Å². The summed E-state index contributed by atoms with van der Waals surface area (Å²) >= 11 is 0. The van der Waals surface area contributed by atoms with E-state index in [-0.39, 0.29) is 11.9 Å². The zero-order chi connectivity index (χ0) is 22.0. The molecule has 1 saturated heterocycles. The highest BCUT2D eigenvalue weighted by Crippen LogP contribution is 2.40. The number of ether oxygens (including phenoxy) is 1. The summed E-state index contributed by atoms with van der Waals surface area (Å²) in [5, 5.41) is 5.83. The number of amides is 3. The van der Waals surface area contributed by atoms with Crippen molar-refractivity contribution in [1.82, 2.24) is 19.4 Å². The molecule has 5 rings (SSSR count). The highest BCUT2D eigenvalue weighted by molar-refractivity contribution is 5.94. The summed E-state index contributed by atoms with van der Waals surface area (Å²) in [6.07, 6.45) is 7.33. The largest absolute Gasteiger partial charge is 0.352 e. The van der Waals surface area contributed by atoms with E-state index in [2.05, 4.69) is 20.6 Å². The van der Waals surface area contributed by atoms with E-state index in [4.69, 9.17) is 4.74 Å². The van der Waals surface area contributed by atoms with Gasteiger partial charge in [-0.05, 0) is 24.3 Å². The van der Waals surface area contributed by atoms with Gasteiger partial charge in [-0.3, -0.25) is 9.78 Å². The minimum absolute atomic E-state index is 0.141. The quantitative estimate of drug-likeness (QED) is 0.663. The van der Waals surface area contributed by atoms with Crippen LogP contribution >= 0.6 is 0 Å². The van der Waals surface area contributed by atoms with Crippen LogP contribution in [0.4, 0.5) is 16.2 Å². The number of benzene rings is 1. The molecule has 2 aromatic heterocycles. The Hall–Kier alpha value is -3.72. The van der Waals surface area contributed by atoms with Gasteiger partial charge < -0.3 is 24.8 Å². The highest BCUT2D eigenvalue weighted by Gasteiger charge is 2.47. The molecule has 32 heavy (non-hydrogen) atoms. The number of para-hydroxylation sites is 1. The molecular formula is C23H24N6O3. The average Bonchev–Trinajstić information content (AvgIpc) is 3.31. The lowest BCUT2D eigenvalue weighted by molar-refractivity contribution is -0.167. The van der Waals surface area contributed by atoms with Gasteiger partial charge in [-0.2, -0.15) is 0 Å². The van der Waals surface area contributed by atoms with Gasteiger partial charge in [0, 0.05) is 62.1 Å². The summed E-state index contributed by atoms with van der Waals surface area (Å²) in [6.45, 7) is 1.40. The van der Waals surface area contributed by atoms with Crippen LogP contribution in [0.3, 0.4) is 0 Å².